The SMILES string of the molecule is CCn1cncc1Cn1ccnc1CNC. The minimum atomic E-state index is 0.785. The van der Waals surface area contributed by atoms with E-state index in [2.05, 4.69) is 31.3 Å². The van der Waals surface area contributed by atoms with Crippen molar-refractivity contribution in [2.24, 2.45) is 0 Å². The van der Waals surface area contributed by atoms with Gasteiger partial charge in [0.2, 0.25) is 0 Å². The second kappa shape index (κ2) is 4.94. The molecule has 0 spiro atoms. The summed E-state index contributed by atoms with van der Waals surface area (Å²) in [5.74, 6) is 1.05. The van der Waals surface area contributed by atoms with Gasteiger partial charge in [-0.15, -0.1) is 0 Å². The van der Waals surface area contributed by atoms with Gasteiger partial charge in [0.05, 0.1) is 25.1 Å². The van der Waals surface area contributed by atoms with Crippen molar-refractivity contribution in [1.82, 2.24) is 24.4 Å². The Morgan fingerprint density at radius 2 is 2.25 bits per heavy atom. The zero-order valence-corrected chi connectivity index (χ0v) is 9.72. The smallest absolute Gasteiger partial charge is 0.122 e. The average Bonchev–Trinajstić information content (AvgIpc) is 2.89. The zero-order valence-electron chi connectivity index (χ0n) is 9.72. The molecule has 5 nitrogen and oxygen atoms in total. The van der Waals surface area contributed by atoms with Crippen molar-refractivity contribution in [2.75, 3.05) is 7.05 Å². The Kier molecular flexibility index (Phi) is 3.36. The van der Waals surface area contributed by atoms with E-state index in [0.29, 0.717) is 0 Å². The van der Waals surface area contributed by atoms with Crippen molar-refractivity contribution in [3.05, 3.63) is 36.4 Å². The monoisotopic (exact) mass is 219 g/mol. The van der Waals surface area contributed by atoms with Gasteiger partial charge in [-0.2, -0.15) is 0 Å². The number of aryl methyl sites for hydroxylation is 1. The van der Waals surface area contributed by atoms with Gasteiger partial charge in [-0.1, -0.05) is 0 Å². The zero-order chi connectivity index (χ0) is 11.4. The van der Waals surface area contributed by atoms with E-state index in [1.807, 2.05) is 32.0 Å². The van der Waals surface area contributed by atoms with E-state index in [1.54, 1.807) is 0 Å². The summed E-state index contributed by atoms with van der Waals surface area (Å²) in [5, 5.41) is 3.11. The third-order valence-electron chi connectivity index (χ3n) is 2.61. The van der Waals surface area contributed by atoms with Crippen LogP contribution >= 0.6 is 0 Å². The van der Waals surface area contributed by atoms with E-state index >= 15 is 0 Å². The molecule has 2 heterocycles. The van der Waals surface area contributed by atoms with Crippen molar-refractivity contribution in [2.45, 2.75) is 26.6 Å². The van der Waals surface area contributed by atoms with Gasteiger partial charge in [0.25, 0.3) is 0 Å². The summed E-state index contributed by atoms with van der Waals surface area (Å²) in [4.78, 5) is 8.48. The first kappa shape index (κ1) is 10.9. The molecule has 2 rings (SSSR count). The molecule has 0 aliphatic rings. The Hall–Kier alpha value is -1.62. The van der Waals surface area contributed by atoms with E-state index in [0.717, 1.165) is 25.5 Å². The molecule has 1 N–H and O–H groups in total. The second-order valence-corrected chi connectivity index (χ2v) is 3.67. The summed E-state index contributed by atoms with van der Waals surface area (Å²) in [6.07, 6.45) is 7.61. The van der Waals surface area contributed by atoms with Crippen LogP contribution in [0.1, 0.15) is 18.4 Å². The lowest BCUT2D eigenvalue weighted by Crippen LogP contribution is -2.14. The lowest BCUT2D eigenvalue weighted by molar-refractivity contribution is 0.629. The lowest BCUT2D eigenvalue weighted by Gasteiger charge is -2.09. The first-order chi connectivity index (χ1) is 7.85. The fraction of sp³-hybridized carbons (Fsp3) is 0.455. The van der Waals surface area contributed by atoms with Gasteiger partial charge < -0.3 is 14.5 Å². The molecule has 0 fully saturated rings. The molecule has 0 aromatic carbocycles. The molecule has 86 valence electrons. The van der Waals surface area contributed by atoms with Crippen LogP contribution in [0, 0.1) is 0 Å². The summed E-state index contributed by atoms with van der Waals surface area (Å²) in [6, 6.07) is 0. The van der Waals surface area contributed by atoms with Crippen LogP contribution in [0.2, 0.25) is 0 Å². The fourth-order valence-corrected chi connectivity index (χ4v) is 1.75. The standard InChI is InChI=1S/C11H17N5/c1-3-15-9-13-6-10(15)8-16-5-4-14-11(16)7-12-2/h4-6,9,12H,3,7-8H2,1-2H3. The molecule has 0 amide bonds. The minimum absolute atomic E-state index is 0.785. The summed E-state index contributed by atoms with van der Waals surface area (Å²) in [7, 11) is 1.93. The third-order valence-corrected chi connectivity index (χ3v) is 2.61. The first-order valence-electron chi connectivity index (χ1n) is 5.48. The Balaban J connectivity index is 2.17. The van der Waals surface area contributed by atoms with Gasteiger partial charge >= 0.3 is 0 Å². The van der Waals surface area contributed by atoms with E-state index in [-0.39, 0.29) is 0 Å². The van der Waals surface area contributed by atoms with Crippen LogP contribution < -0.4 is 5.32 Å². The van der Waals surface area contributed by atoms with Crippen LogP contribution in [0.4, 0.5) is 0 Å². The highest BCUT2D eigenvalue weighted by molar-refractivity contribution is 5.03. The fourth-order valence-electron chi connectivity index (χ4n) is 1.75. The van der Waals surface area contributed by atoms with E-state index in [1.165, 1.54) is 5.69 Å². The lowest BCUT2D eigenvalue weighted by atomic mass is 10.4. The normalized spacial score (nSPS) is 10.9. The third kappa shape index (κ3) is 2.14. The molecule has 2 aromatic heterocycles. The molecule has 0 radical (unpaired) electrons. The Morgan fingerprint density at radius 1 is 1.38 bits per heavy atom. The number of nitrogens with one attached hydrogen (secondary N) is 1. The van der Waals surface area contributed by atoms with Gasteiger partial charge in [0.1, 0.15) is 5.82 Å². The molecule has 2 aromatic rings. The Labute approximate surface area is 95.1 Å². The van der Waals surface area contributed by atoms with E-state index in [9.17, 15) is 0 Å². The van der Waals surface area contributed by atoms with Crippen LogP contribution in [0.25, 0.3) is 0 Å². The van der Waals surface area contributed by atoms with Crippen molar-refractivity contribution in [3.8, 4) is 0 Å². The number of imidazole rings is 2. The van der Waals surface area contributed by atoms with Crippen molar-refractivity contribution in [3.63, 3.8) is 0 Å². The minimum Gasteiger partial charge on any atom is -0.333 e. The number of aromatic nitrogens is 4. The molecule has 0 atom stereocenters. The Bertz CT molecular complexity index is 443. The molecule has 16 heavy (non-hydrogen) atoms. The maximum absolute atomic E-state index is 4.31. The van der Waals surface area contributed by atoms with E-state index < -0.39 is 0 Å². The maximum atomic E-state index is 4.31. The molecule has 0 saturated carbocycles. The molecule has 0 aliphatic carbocycles. The van der Waals surface area contributed by atoms with Crippen LogP contribution in [0.5, 0.6) is 0 Å². The topological polar surface area (TPSA) is 47.7 Å². The highest BCUT2D eigenvalue weighted by atomic mass is 15.1. The van der Waals surface area contributed by atoms with Gasteiger partial charge in [-0.05, 0) is 14.0 Å². The van der Waals surface area contributed by atoms with Crippen molar-refractivity contribution in [1.29, 1.82) is 0 Å². The largest absolute Gasteiger partial charge is 0.333 e. The number of hydrogen-bond donors (Lipinski definition) is 1. The van der Waals surface area contributed by atoms with Crippen molar-refractivity contribution < 1.29 is 0 Å². The van der Waals surface area contributed by atoms with E-state index in [4.69, 9.17) is 0 Å². The second-order valence-electron chi connectivity index (χ2n) is 3.67. The van der Waals surface area contributed by atoms with Crippen LogP contribution in [0.15, 0.2) is 24.9 Å². The first-order valence-corrected chi connectivity index (χ1v) is 5.48. The molecular formula is C11H17N5. The maximum Gasteiger partial charge on any atom is 0.122 e. The highest BCUT2D eigenvalue weighted by Crippen LogP contribution is 2.05. The highest BCUT2D eigenvalue weighted by Gasteiger charge is 2.05. The average molecular weight is 219 g/mol. The predicted octanol–water partition coefficient (Wildman–Crippen LogP) is 0.867. The van der Waals surface area contributed by atoms with Gasteiger partial charge in [0, 0.05) is 25.1 Å². The van der Waals surface area contributed by atoms with Crippen LogP contribution in [-0.4, -0.2) is 26.1 Å². The predicted molar refractivity (Wildman–Crippen MR) is 62.0 cm³/mol. The molecular weight excluding hydrogens is 202 g/mol. The molecule has 0 bridgehead atoms. The summed E-state index contributed by atoms with van der Waals surface area (Å²) < 4.78 is 4.28. The van der Waals surface area contributed by atoms with Crippen LogP contribution in [-0.2, 0) is 19.6 Å². The molecule has 0 saturated heterocycles. The number of hydrogen-bond acceptors (Lipinski definition) is 3. The quantitative estimate of drug-likeness (QED) is 0.811. The molecule has 0 unspecified atom stereocenters. The summed E-state index contributed by atoms with van der Waals surface area (Å²) in [6.45, 7) is 4.68. The van der Waals surface area contributed by atoms with Gasteiger partial charge in [-0.25, -0.2) is 9.97 Å². The number of nitrogens with zero attached hydrogens (tertiary/aromatic N) is 4. The van der Waals surface area contributed by atoms with Gasteiger partial charge in [0.15, 0.2) is 0 Å². The van der Waals surface area contributed by atoms with Crippen LogP contribution in [0.3, 0.4) is 0 Å². The number of rotatable bonds is 5. The van der Waals surface area contributed by atoms with Crippen molar-refractivity contribution >= 4 is 0 Å². The molecule has 0 aliphatic heterocycles. The van der Waals surface area contributed by atoms with Gasteiger partial charge in [-0.3, -0.25) is 0 Å². The Morgan fingerprint density at radius 3 is 3.00 bits per heavy atom. The summed E-state index contributed by atoms with van der Waals surface area (Å²) >= 11 is 0. The molecule has 5 heteroatoms. The summed E-state index contributed by atoms with van der Waals surface area (Å²) in [5.41, 5.74) is 1.21.